The zero-order valence-electron chi connectivity index (χ0n) is 15.3. The molecule has 0 unspecified atom stereocenters. The number of fused-ring (bicyclic) bond motifs is 2. The Hall–Kier alpha value is -2.96. The Morgan fingerprint density at radius 2 is 1.96 bits per heavy atom. The standard InChI is InChI=1S/C20H22N4O3/c1-13-9-11-22-19-17(13)23(12-3-2-6-16(25)26)20(27)15-5-4-10-21-18(15)24(19)14-7-8-14/h4-5,9-11,14H,2-3,6-8,12H2,1H3,(H,25,26). The molecule has 27 heavy (non-hydrogen) atoms. The molecule has 0 spiro atoms. The molecular weight excluding hydrogens is 344 g/mol. The smallest absolute Gasteiger partial charge is 0.303 e. The summed E-state index contributed by atoms with van der Waals surface area (Å²) < 4.78 is 0. The van der Waals surface area contributed by atoms with E-state index in [1.54, 1.807) is 23.4 Å². The van der Waals surface area contributed by atoms with Crippen molar-refractivity contribution in [1.82, 2.24) is 9.97 Å². The Bertz CT molecular complexity index is 895. The van der Waals surface area contributed by atoms with E-state index >= 15 is 0 Å². The number of hydrogen-bond donors (Lipinski definition) is 1. The van der Waals surface area contributed by atoms with E-state index in [4.69, 9.17) is 5.11 Å². The third-order valence-corrected chi connectivity index (χ3v) is 5.03. The van der Waals surface area contributed by atoms with E-state index in [2.05, 4.69) is 14.9 Å². The highest BCUT2D eigenvalue weighted by Gasteiger charge is 2.40. The van der Waals surface area contributed by atoms with Crippen LogP contribution in [0.25, 0.3) is 0 Å². The van der Waals surface area contributed by atoms with Crippen molar-refractivity contribution in [1.29, 1.82) is 0 Å². The maximum atomic E-state index is 13.4. The van der Waals surface area contributed by atoms with Gasteiger partial charge in [0.15, 0.2) is 5.82 Å². The Balaban J connectivity index is 1.78. The number of hydrogen-bond acceptors (Lipinski definition) is 5. The predicted octanol–water partition coefficient (Wildman–Crippen LogP) is 3.30. The van der Waals surface area contributed by atoms with Gasteiger partial charge in [0.1, 0.15) is 5.82 Å². The largest absolute Gasteiger partial charge is 0.481 e. The van der Waals surface area contributed by atoms with E-state index in [9.17, 15) is 9.59 Å². The second kappa shape index (κ2) is 6.98. The van der Waals surface area contributed by atoms with Crippen LogP contribution in [0.4, 0.5) is 17.3 Å². The molecule has 1 saturated carbocycles. The molecule has 7 heteroatoms. The molecule has 4 rings (SSSR count). The van der Waals surface area contributed by atoms with Crippen LogP contribution in [0.5, 0.6) is 0 Å². The molecule has 0 radical (unpaired) electrons. The molecule has 2 aliphatic rings. The molecule has 1 N–H and O–H groups in total. The maximum Gasteiger partial charge on any atom is 0.303 e. The summed E-state index contributed by atoms with van der Waals surface area (Å²) >= 11 is 0. The minimum absolute atomic E-state index is 0.103. The number of carboxylic acid groups (broad SMARTS) is 1. The molecule has 1 aliphatic carbocycles. The summed E-state index contributed by atoms with van der Waals surface area (Å²) in [6.07, 6.45) is 6.83. The molecule has 0 aromatic carbocycles. The number of aromatic nitrogens is 2. The van der Waals surface area contributed by atoms with Gasteiger partial charge in [-0.05, 0) is 56.4 Å². The van der Waals surface area contributed by atoms with Crippen molar-refractivity contribution < 1.29 is 14.7 Å². The van der Waals surface area contributed by atoms with Crippen molar-refractivity contribution >= 4 is 29.2 Å². The second-order valence-corrected chi connectivity index (χ2v) is 7.08. The van der Waals surface area contributed by atoms with E-state index in [-0.39, 0.29) is 12.3 Å². The highest BCUT2D eigenvalue weighted by molar-refractivity contribution is 6.13. The van der Waals surface area contributed by atoms with Crippen molar-refractivity contribution in [3.63, 3.8) is 0 Å². The number of carbonyl (C=O) groups excluding carboxylic acids is 1. The quantitative estimate of drug-likeness (QED) is 0.790. The van der Waals surface area contributed by atoms with E-state index < -0.39 is 5.97 Å². The van der Waals surface area contributed by atoms with E-state index in [0.29, 0.717) is 36.8 Å². The lowest BCUT2D eigenvalue weighted by Crippen LogP contribution is -2.32. The third kappa shape index (κ3) is 3.25. The number of aryl methyl sites for hydroxylation is 1. The van der Waals surface area contributed by atoms with Gasteiger partial charge in [-0.1, -0.05) is 0 Å². The number of carbonyl (C=O) groups is 2. The van der Waals surface area contributed by atoms with Gasteiger partial charge >= 0.3 is 5.97 Å². The van der Waals surface area contributed by atoms with Gasteiger partial charge in [0, 0.05) is 31.4 Å². The van der Waals surface area contributed by atoms with Crippen LogP contribution in [0.15, 0.2) is 30.6 Å². The van der Waals surface area contributed by atoms with Gasteiger partial charge in [-0.15, -0.1) is 0 Å². The lowest BCUT2D eigenvalue weighted by atomic mass is 10.1. The van der Waals surface area contributed by atoms with Crippen LogP contribution < -0.4 is 9.80 Å². The third-order valence-electron chi connectivity index (χ3n) is 5.03. The lowest BCUT2D eigenvalue weighted by Gasteiger charge is -2.27. The Kier molecular flexibility index (Phi) is 4.51. The first-order valence-corrected chi connectivity index (χ1v) is 9.31. The van der Waals surface area contributed by atoms with Crippen molar-refractivity contribution in [2.24, 2.45) is 0 Å². The molecule has 1 amide bonds. The average Bonchev–Trinajstić information content (AvgIpc) is 3.48. The normalized spacial score (nSPS) is 16.0. The summed E-state index contributed by atoms with van der Waals surface area (Å²) in [7, 11) is 0. The number of unbranched alkanes of at least 4 members (excludes halogenated alkanes) is 1. The van der Waals surface area contributed by atoms with Crippen molar-refractivity contribution in [3.8, 4) is 0 Å². The first-order chi connectivity index (χ1) is 13.1. The topological polar surface area (TPSA) is 86.6 Å². The summed E-state index contributed by atoms with van der Waals surface area (Å²) in [5.41, 5.74) is 2.35. The van der Waals surface area contributed by atoms with Crippen LogP contribution in [0.3, 0.4) is 0 Å². The van der Waals surface area contributed by atoms with E-state index in [1.807, 2.05) is 19.1 Å². The lowest BCUT2D eigenvalue weighted by molar-refractivity contribution is -0.137. The minimum atomic E-state index is -0.815. The summed E-state index contributed by atoms with van der Waals surface area (Å²) in [5.74, 6) is 0.512. The van der Waals surface area contributed by atoms with Crippen molar-refractivity contribution in [2.75, 3.05) is 16.3 Å². The molecule has 1 fully saturated rings. The van der Waals surface area contributed by atoms with Crippen LogP contribution in [0.2, 0.25) is 0 Å². The Labute approximate surface area is 157 Å². The summed E-state index contributed by atoms with van der Waals surface area (Å²) in [4.78, 5) is 37.2. The predicted molar refractivity (Wildman–Crippen MR) is 102 cm³/mol. The van der Waals surface area contributed by atoms with Crippen LogP contribution in [-0.4, -0.2) is 39.5 Å². The van der Waals surface area contributed by atoms with Gasteiger partial charge < -0.3 is 14.9 Å². The monoisotopic (exact) mass is 366 g/mol. The molecule has 7 nitrogen and oxygen atoms in total. The van der Waals surface area contributed by atoms with Gasteiger partial charge in [0.2, 0.25) is 0 Å². The molecule has 2 aromatic rings. The van der Waals surface area contributed by atoms with Gasteiger partial charge in [-0.3, -0.25) is 9.59 Å². The Morgan fingerprint density at radius 1 is 1.19 bits per heavy atom. The maximum absolute atomic E-state index is 13.4. The fourth-order valence-electron chi connectivity index (χ4n) is 3.59. The number of anilines is 3. The van der Waals surface area contributed by atoms with E-state index in [0.717, 1.165) is 29.9 Å². The van der Waals surface area contributed by atoms with Gasteiger partial charge in [-0.25, -0.2) is 9.97 Å². The minimum Gasteiger partial charge on any atom is -0.481 e. The molecular formula is C20H22N4O3. The fourth-order valence-corrected chi connectivity index (χ4v) is 3.59. The highest BCUT2D eigenvalue weighted by atomic mass is 16.4. The summed E-state index contributed by atoms with van der Waals surface area (Å²) in [5, 5.41) is 8.88. The number of nitrogens with zero attached hydrogens (tertiary/aromatic N) is 4. The van der Waals surface area contributed by atoms with Gasteiger partial charge in [0.05, 0.1) is 11.3 Å². The second-order valence-electron chi connectivity index (χ2n) is 7.08. The van der Waals surface area contributed by atoms with Gasteiger partial charge in [0.25, 0.3) is 5.91 Å². The first-order valence-electron chi connectivity index (χ1n) is 9.31. The SMILES string of the molecule is Cc1ccnc2c1N(CCCCC(=O)O)C(=O)c1cccnc1N2C1CC1. The zero-order chi connectivity index (χ0) is 19.0. The number of aliphatic carboxylic acids is 1. The number of rotatable bonds is 6. The molecule has 2 aromatic heterocycles. The van der Waals surface area contributed by atoms with Crippen molar-refractivity contribution in [3.05, 3.63) is 41.7 Å². The number of pyridine rings is 2. The highest BCUT2D eigenvalue weighted by Crippen LogP contribution is 2.45. The average molecular weight is 366 g/mol. The van der Waals surface area contributed by atoms with E-state index in [1.165, 1.54) is 0 Å². The number of carboxylic acids is 1. The molecule has 0 atom stereocenters. The van der Waals surface area contributed by atoms with Gasteiger partial charge in [-0.2, -0.15) is 0 Å². The van der Waals surface area contributed by atoms with Crippen molar-refractivity contribution in [2.45, 2.75) is 45.1 Å². The first kappa shape index (κ1) is 17.5. The Morgan fingerprint density at radius 3 is 2.70 bits per heavy atom. The zero-order valence-corrected chi connectivity index (χ0v) is 15.3. The van der Waals surface area contributed by atoms with Crippen LogP contribution in [0, 0.1) is 6.92 Å². The molecule has 0 saturated heterocycles. The van der Waals surface area contributed by atoms with Crippen LogP contribution in [-0.2, 0) is 4.79 Å². The molecule has 140 valence electrons. The molecule has 3 heterocycles. The molecule has 1 aliphatic heterocycles. The van der Waals surface area contributed by atoms with Crippen LogP contribution in [0.1, 0.15) is 48.0 Å². The summed E-state index contributed by atoms with van der Waals surface area (Å²) in [6, 6.07) is 5.81. The number of amides is 1. The molecule has 0 bridgehead atoms. The fraction of sp³-hybridized carbons (Fsp3) is 0.400. The summed E-state index contributed by atoms with van der Waals surface area (Å²) in [6.45, 7) is 2.44. The van der Waals surface area contributed by atoms with Crippen LogP contribution >= 0.6 is 0 Å².